The molecule has 55 heavy (non-hydrogen) atoms. The van der Waals surface area contributed by atoms with Crippen LogP contribution < -0.4 is 25.6 Å². The minimum absolute atomic E-state index is 0.0599. The first kappa shape index (κ1) is 37.4. The Labute approximate surface area is 320 Å². The zero-order chi connectivity index (χ0) is 38.8. The highest BCUT2D eigenvalue weighted by atomic mass is 32.1. The molecule has 1 unspecified atom stereocenters. The number of carbonyl (C=O) groups excluding carboxylic acids is 6. The molecule has 3 aromatic carbocycles. The number of fused-ring (bicyclic) bond motifs is 2. The fourth-order valence-corrected chi connectivity index (χ4v) is 8.09. The first-order chi connectivity index (χ1) is 26.5. The maximum atomic E-state index is 15.1. The van der Waals surface area contributed by atoms with Crippen molar-refractivity contribution in [3.05, 3.63) is 87.5 Å². The Hall–Kier alpha value is -5.96. The molecule has 4 heterocycles. The lowest BCUT2D eigenvalue weighted by atomic mass is 10.0. The van der Waals surface area contributed by atoms with E-state index in [9.17, 15) is 28.8 Å². The first-order valence-corrected chi connectivity index (χ1v) is 19.0. The molecule has 0 spiro atoms. The zero-order valence-corrected chi connectivity index (χ0v) is 31.1. The van der Waals surface area contributed by atoms with Gasteiger partial charge in [0, 0.05) is 42.6 Å². The number of piperidine rings is 1. The second kappa shape index (κ2) is 15.8. The van der Waals surface area contributed by atoms with E-state index in [1.54, 1.807) is 18.2 Å². The number of hydrogen-bond acceptors (Lipinski definition) is 10. The van der Waals surface area contributed by atoms with Gasteiger partial charge in [0.2, 0.25) is 23.6 Å². The van der Waals surface area contributed by atoms with Crippen molar-refractivity contribution >= 4 is 63.3 Å². The maximum absolute atomic E-state index is 15.1. The van der Waals surface area contributed by atoms with Crippen molar-refractivity contribution in [3.8, 4) is 17.0 Å². The number of hydrogen-bond donors (Lipinski definition) is 3. The van der Waals surface area contributed by atoms with Crippen molar-refractivity contribution in [2.75, 3.05) is 35.2 Å². The average Bonchev–Trinajstić information content (AvgIpc) is 3.82. The van der Waals surface area contributed by atoms with Crippen LogP contribution in [-0.4, -0.2) is 71.1 Å². The molecular weight excluding hydrogens is 728 g/mol. The van der Waals surface area contributed by atoms with E-state index in [0.717, 1.165) is 40.2 Å². The van der Waals surface area contributed by atoms with Crippen LogP contribution in [0.5, 0.6) is 5.75 Å². The normalized spacial score (nSPS) is 16.2. The molecule has 0 radical (unpaired) electrons. The van der Waals surface area contributed by atoms with Gasteiger partial charge in [0.15, 0.2) is 5.13 Å². The molecule has 13 nitrogen and oxygen atoms in total. The van der Waals surface area contributed by atoms with Gasteiger partial charge in [-0.3, -0.25) is 39.0 Å². The molecule has 3 aliphatic rings. The summed E-state index contributed by atoms with van der Waals surface area (Å²) in [4.78, 5) is 83.0. The van der Waals surface area contributed by atoms with Gasteiger partial charge in [-0.05, 0) is 86.6 Å². The van der Waals surface area contributed by atoms with E-state index in [4.69, 9.17) is 4.74 Å². The third kappa shape index (κ3) is 7.83. The molecule has 3 N–H and O–H groups in total. The van der Waals surface area contributed by atoms with Crippen LogP contribution in [0.3, 0.4) is 0 Å². The number of aromatic nitrogens is 1. The molecule has 0 aliphatic carbocycles. The molecule has 4 aromatic rings. The molecule has 1 atom stereocenters. The van der Waals surface area contributed by atoms with Gasteiger partial charge in [-0.1, -0.05) is 18.2 Å². The Morgan fingerprint density at radius 3 is 2.64 bits per heavy atom. The maximum Gasteiger partial charge on any atom is 0.264 e. The Bertz CT molecular complexity index is 2240. The van der Waals surface area contributed by atoms with Crippen LogP contribution in [-0.2, 0) is 32.0 Å². The quantitative estimate of drug-likeness (QED) is 0.119. The number of carbonyl (C=O) groups is 6. The summed E-state index contributed by atoms with van der Waals surface area (Å²) in [6.07, 6.45) is 3.18. The monoisotopic (exact) mass is 766 g/mol. The number of nitrogens with one attached hydrogen (secondary N) is 3. The lowest BCUT2D eigenvalue weighted by molar-refractivity contribution is -0.136. The van der Waals surface area contributed by atoms with Gasteiger partial charge in [0.1, 0.15) is 17.6 Å². The van der Waals surface area contributed by atoms with E-state index >= 15 is 4.39 Å². The Morgan fingerprint density at radius 2 is 1.84 bits per heavy atom. The second-order valence-corrected chi connectivity index (χ2v) is 14.9. The van der Waals surface area contributed by atoms with Gasteiger partial charge in [-0.2, -0.15) is 0 Å². The van der Waals surface area contributed by atoms with Crippen molar-refractivity contribution in [2.24, 2.45) is 0 Å². The average molecular weight is 767 g/mol. The molecule has 6 amide bonds. The molecule has 0 bridgehead atoms. The lowest BCUT2D eigenvalue weighted by Crippen LogP contribution is -2.54. The summed E-state index contributed by atoms with van der Waals surface area (Å²) in [7, 11) is 0. The van der Waals surface area contributed by atoms with Crippen molar-refractivity contribution in [1.82, 2.24) is 15.2 Å². The molecule has 3 aliphatic heterocycles. The smallest absolute Gasteiger partial charge is 0.264 e. The number of rotatable bonds is 13. The van der Waals surface area contributed by atoms with Crippen LogP contribution in [0.15, 0.2) is 54.6 Å². The molecule has 1 saturated heterocycles. The summed E-state index contributed by atoms with van der Waals surface area (Å²) in [6.45, 7) is 4.74. The largest absolute Gasteiger partial charge is 0.494 e. The van der Waals surface area contributed by atoms with E-state index in [1.807, 2.05) is 37.3 Å². The highest BCUT2D eigenvalue weighted by Gasteiger charge is 2.45. The number of ether oxygens (including phenoxy) is 1. The summed E-state index contributed by atoms with van der Waals surface area (Å²) in [6, 6.07) is 14.5. The van der Waals surface area contributed by atoms with Crippen molar-refractivity contribution in [3.63, 3.8) is 0 Å². The molecule has 1 aromatic heterocycles. The predicted octanol–water partition coefficient (Wildman–Crippen LogP) is 5.41. The van der Waals surface area contributed by atoms with Crippen molar-refractivity contribution in [1.29, 1.82) is 0 Å². The Balaban J connectivity index is 0.857. The van der Waals surface area contributed by atoms with Crippen LogP contribution in [0.4, 0.5) is 20.9 Å². The standard InChI is InChI=1S/C40H39FN6O7S/c1-22-35(26-20-25-14-16-46(23(2)48)36(25)29(41)21-26)45-40(55-22)44-33(50)19-24-8-6-9-27(18-24)54-17-5-3-4-15-42-30-11-7-10-28-34(30)39(53)47(38(28)52)31-12-13-32(49)43-37(31)51/h6-11,18,20-21,31,42H,3-5,12-17,19H2,1-2H3,(H,43,49,51)(H,44,45,50). The molecular formula is C40H39FN6O7S. The lowest BCUT2D eigenvalue weighted by Gasteiger charge is -2.27. The van der Waals surface area contributed by atoms with E-state index < -0.39 is 35.5 Å². The summed E-state index contributed by atoms with van der Waals surface area (Å²) in [5.74, 6) is -2.43. The molecule has 15 heteroatoms. The number of anilines is 3. The highest BCUT2D eigenvalue weighted by Crippen LogP contribution is 2.38. The molecule has 7 rings (SSSR count). The van der Waals surface area contributed by atoms with Crippen LogP contribution in [0.1, 0.15) is 75.7 Å². The van der Waals surface area contributed by atoms with Gasteiger partial charge < -0.3 is 20.3 Å². The number of imide groups is 2. The van der Waals surface area contributed by atoms with Gasteiger partial charge in [0.25, 0.3) is 11.8 Å². The van der Waals surface area contributed by atoms with Crippen LogP contribution >= 0.6 is 11.3 Å². The van der Waals surface area contributed by atoms with Crippen molar-refractivity contribution in [2.45, 2.75) is 64.8 Å². The summed E-state index contributed by atoms with van der Waals surface area (Å²) in [5.41, 5.74) is 4.02. The van der Waals surface area contributed by atoms with Crippen LogP contribution in [0.2, 0.25) is 0 Å². The van der Waals surface area contributed by atoms with E-state index in [1.165, 1.54) is 29.2 Å². The van der Waals surface area contributed by atoms with E-state index in [-0.39, 0.29) is 42.2 Å². The predicted molar refractivity (Wildman–Crippen MR) is 204 cm³/mol. The summed E-state index contributed by atoms with van der Waals surface area (Å²) >= 11 is 1.31. The minimum Gasteiger partial charge on any atom is -0.494 e. The molecule has 284 valence electrons. The minimum atomic E-state index is -1.02. The van der Waals surface area contributed by atoms with Crippen LogP contribution in [0, 0.1) is 12.7 Å². The summed E-state index contributed by atoms with van der Waals surface area (Å²) in [5, 5.41) is 8.74. The number of aryl methyl sites for hydroxylation is 1. The van der Waals surface area contributed by atoms with Gasteiger partial charge in [0.05, 0.1) is 35.5 Å². The number of benzene rings is 3. The molecule has 0 saturated carbocycles. The molecule has 1 fully saturated rings. The fourth-order valence-electron chi connectivity index (χ4n) is 7.24. The van der Waals surface area contributed by atoms with Gasteiger partial charge in [-0.25, -0.2) is 9.37 Å². The van der Waals surface area contributed by atoms with Gasteiger partial charge in [-0.15, -0.1) is 11.3 Å². The Kier molecular flexibility index (Phi) is 10.7. The van der Waals surface area contributed by atoms with Gasteiger partial charge >= 0.3 is 0 Å². The number of amides is 6. The number of halogens is 1. The Morgan fingerprint density at radius 1 is 1.02 bits per heavy atom. The third-order valence-electron chi connectivity index (χ3n) is 9.85. The first-order valence-electron chi connectivity index (χ1n) is 18.2. The van der Waals surface area contributed by atoms with Crippen molar-refractivity contribution < 1.29 is 37.9 Å². The van der Waals surface area contributed by atoms with E-state index in [2.05, 4.69) is 20.9 Å². The summed E-state index contributed by atoms with van der Waals surface area (Å²) < 4.78 is 21.0. The van der Waals surface area contributed by atoms with E-state index in [0.29, 0.717) is 59.6 Å². The number of nitrogens with zero attached hydrogens (tertiary/aromatic N) is 3. The SMILES string of the molecule is CC(=O)N1CCc2cc(-c3nc(NC(=O)Cc4cccc(OCCCCCNc5cccc6c5C(=O)N(C5CCC(=O)NC5=O)C6=O)c4)sc3C)cc(F)c21. The number of unbranched alkanes of at least 4 members (excludes halogenated alkanes) is 2. The topological polar surface area (TPSA) is 167 Å². The number of thiazole rings is 1. The van der Waals surface area contributed by atoms with Crippen LogP contribution in [0.25, 0.3) is 11.3 Å². The fraction of sp³-hybridized carbons (Fsp3) is 0.325. The zero-order valence-electron chi connectivity index (χ0n) is 30.3. The second-order valence-electron chi connectivity index (χ2n) is 13.7. The highest BCUT2D eigenvalue weighted by molar-refractivity contribution is 7.16. The third-order valence-corrected chi connectivity index (χ3v) is 10.7.